The lowest BCUT2D eigenvalue weighted by Crippen LogP contribution is -2.14. The van der Waals surface area contributed by atoms with Crippen LogP contribution in [0.3, 0.4) is 0 Å². The molecule has 0 unspecified atom stereocenters. The van der Waals surface area contributed by atoms with Gasteiger partial charge in [0.15, 0.2) is 0 Å². The number of carbonyl (C=O) groups excluding carboxylic acids is 1. The van der Waals surface area contributed by atoms with Gasteiger partial charge in [0.05, 0.1) is 10.5 Å². The van der Waals surface area contributed by atoms with Crippen molar-refractivity contribution in [2.24, 2.45) is 4.99 Å². The number of benzene rings is 1. The summed E-state index contributed by atoms with van der Waals surface area (Å²) in [7, 11) is 0. The highest BCUT2D eigenvalue weighted by molar-refractivity contribution is 8.04. The van der Waals surface area contributed by atoms with Crippen molar-refractivity contribution >= 4 is 29.2 Å². The monoisotopic (exact) mass is 415 g/mol. The number of nitrogens with zero attached hydrogens (tertiary/aromatic N) is 2. The van der Waals surface area contributed by atoms with Crippen molar-refractivity contribution in [2.75, 3.05) is 11.1 Å². The molecular formula is C21H16F3N3OS. The summed E-state index contributed by atoms with van der Waals surface area (Å²) in [5.74, 6) is 6.12. The third kappa shape index (κ3) is 5.48. The molecule has 0 aliphatic carbocycles. The van der Waals surface area contributed by atoms with Crippen molar-refractivity contribution in [2.45, 2.75) is 20.0 Å². The molecule has 0 fully saturated rings. The van der Waals surface area contributed by atoms with E-state index in [9.17, 15) is 18.0 Å². The summed E-state index contributed by atoms with van der Waals surface area (Å²) in [4.78, 5) is 21.3. The van der Waals surface area contributed by atoms with Crippen LogP contribution >= 0.6 is 11.8 Å². The predicted molar refractivity (Wildman–Crippen MR) is 109 cm³/mol. The van der Waals surface area contributed by atoms with E-state index in [-0.39, 0.29) is 11.4 Å². The zero-order valence-corrected chi connectivity index (χ0v) is 16.4. The smallest absolute Gasteiger partial charge is 0.307 e. The minimum atomic E-state index is -4.51. The molecule has 0 atom stereocenters. The van der Waals surface area contributed by atoms with Gasteiger partial charge in [0.1, 0.15) is 5.82 Å². The summed E-state index contributed by atoms with van der Waals surface area (Å²) < 4.78 is 38.4. The highest BCUT2D eigenvalue weighted by Gasteiger charge is 2.30. The fraction of sp³-hybridized carbons (Fsp3) is 0.190. The Morgan fingerprint density at radius 2 is 1.97 bits per heavy atom. The van der Waals surface area contributed by atoms with E-state index in [1.54, 1.807) is 36.2 Å². The van der Waals surface area contributed by atoms with Gasteiger partial charge < -0.3 is 5.32 Å². The molecule has 0 radical (unpaired) electrons. The Kier molecular flexibility index (Phi) is 6.09. The summed E-state index contributed by atoms with van der Waals surface area (Å²) in [6, 6.07) is 6.57. The number of rotatable bonds is 2. The van der Waals surface area contributed by atoms with Crippen LogP contribution in [0.2, 0.25) is 0 Å². The molecule has 1 aromatic heterocycles. The summed E-state index contributed by atoms with van der Waals surface area (Å²) >= 11 is 1.59. The number of carbonyl (C=O) groups is 1. The number of amides is 1. The molecule has 4 nitrogen and oxygen atoms in total. The first-order chi connectivity index (χ1) is 13.7. The highest BCUT2D eigenvalue weighted by atomic mass is 32.2. The summed E-state index contributed by atoms with van der Waals surface area (Å²) in [5, 5.41) is 2.40. The highest BCUT2D eigenvalue weighted by Crippen LogP contribution is 2.30. The van der Waals surface area contributed by atoms with E-state index in [0.29, 0.717) is 5.56 Å². The van der Waals surface area contributed by atoms with Crippen LogP contribution in [0.25, 0.3) is 0 Å². The summed E-state index contributed by atoms with van der Waals surface area (Å²) in [6.45, 7) is 3.81. The van der Waals surface area contributed by atoms with Gasteiger partial charge in [0.2, 0.25) is 0 Å². The normalized spacial score (nSPS) is 13.7. The maximum Gasteiger partial charge on any atom is 0.416 e. The fourth-order valence-electron chi connectivity index (χ4n) is 2.38. The van der Waals surface area contributed by atoms with E-state index < -0.39 is 17.6 Å². The standard InChI is InChI=1S/C21H16F3N3OS/c1-13-3-4-16(9-15(13)5-6-18-11-26-14(2)12-29-18)20(28)27-19-10-17(7-8-25-19)21(22,23)24/h3-4,7-11H,12H2,1-2H3,(H,25,27,28). The number of alkyl halides is 3. The molecule has 3 rings (SSSR count). The van der Waals surface area contributed by atoms with E-state index in [0.717, 1.165) is 40.3 Å². The number of anilines is 1. The molecule has 0 bridgehead atoms. The Balaban J connectivity index is 1.80. The molecule has 2 aromatic rings. The Morgan fingerprint density at radius 3 is 2.66 bits per heavy atom. The average molecular weight is 415 g/mol. The van der Waals surface area contributed by atoms with E-state index in [1.807, 2.05) is 13.8 Å². The molecular weight excluding hydrogens is 399 g/mol. The van der Waals surface area contributed by atoms with Gasteiger partial charge in [-0.05, 0) is 43.7 Å². The van der Waals surface area contributed by atoms with Crippen LogP contribution in [-0.2, 0) is 6.18 Å². The number of halogens is 3. The third-order valence-electron chi connectivity index (χ3n) is 3.99. The molecule has 1 aliphatic heterocycles. The van der Waals surface area contributed by atoms with Crippen LogP contribution < -0.4 is 5.32 Å². The van der Waals surface area contributed by atoms with Crippen LogP contribution in [0.5, 0.6) is 0 Å². The molecule has 1 amide bonds. The second-order valence-corrected chi connectivity index (χ2v) is 7.32. The second kappa shape index (κ2) is 8.53. The topological polar surface area (TPSA) is 54.4 Å². The molecule has 0 saturated carbocycles. The average Bonchev–Trinajstić information content (AvgIpc) is 2.68. The number of aryl methyl sites for hydroxylation is 1. The SMILES string of the molecule is CC1=NC=C(C#Cc2cc(C(=O)Nc3cc(C(F)(F)F)ccn3)ccc2C)SC1. The van der Waals surface area contributed by atoms with Crippen molar-refractivity contribution in [3.63, 3.8) is 0 Å². The maximum atomic E-state index is 12.8. The second-order valence-electron chi connectivity index (χ2n) is 6.31. The Labute approximate surface area is 170 Å². The predicted octanol–water partition coefficient (Wildman–Crippen LogP) is 5.06. The first-order valence-corrected chi connectivity index (χ1v) is 9.54. The number of hydrogen-bond acceptors (Lipinski definition) is 4. The Hall–Kier alpha value is -3.05. The molecule has 8 heteroatoms. The fourth-order valence-corrected chi connectivity index (χ4v) is 3.07. The van der Waals surface area contributed by atoms with Gasteiger partial charge in [-0.25, -0.2) is 4.98 Å². The Bertz CT molecular complexity index is 1080. The third-order valence-corrected chi connectivity index (χ3v) is 5.07. The lowest BCUT2D eigenvalue weighted by molar-refractivity contribution is -0.137. The van der Waals surface area contributed by atoms with Crippen LogP contribution in [0.15, 0.2) is 52.6 Å². The maximum absolute atomic E-state index is 12.8. The van der Waals surface area contributed by atoms with Crippen LogP contribution in [0.1, 0.15) is 34.0 Å². The van der Waals surface area contributed by atoms with Gasteiger partial charge >= 0.3 is 6.18 Å². The lowest BCUT2D eigenvalue weighted by Gasteiger charge is -2.09. The van der Waals surface area contributed by atoms with Crippen molar-refractivity contribution in [3.05, 3.63) is 69.9 Å². The number of pyridine rings is 1. The van der Waals surface area contributed by atoms with E-state index in [1.165, 1.54) is 0 Å². The van der Waals surface area contributed by atoms with Crippen LogP contribution in [0.4, 0.5) is 19.0 Å². The first-order valence-electron chi connectivity index (χ1n) is 8.56. The van der Waals surface area contributed by atoms with Crippen molar-refractivity contribution in [3.8, 4) is 11.8 Å². The quantitative estimate of drug-likeness (QED) is 0.698. The number of aliphatic imine (C=N–C) groups is 1. The number of hydrogen-bond donors (Lipinski definition) is 1. The van der Waals surface area contributed by atoms with Crippen molar-refractivity contribution < 1.29 is 18.0 Å². The molecule has 1 aromatic carbocycles. The van der Waals surface area contributed by atoms with Gasteiger partial charge in [-0.3, -0.25) is 9.79 Å². The van der Waals surface area contributed by atoms with Gasteiger partial charge in [-0.15, -0.1) is 11.8 Å². The molecule has 29 heavy (non-hydrogen) atoms. The van der Waals surface area contributed by atoms with E-state index in [4.69, 9.17) is 0 Å². The Morgan fingerprint density at radius 1 is 1.17 bits per heavy atom. The minimum absolute atomic E-state index is 0.171. The summed E-state index contributed by atoms with van der Waals surface area (Å²) in [6.07, 6.45) is -1.80. The first kappa shape index (κ1) is 20.7. The minimum Gasteiger partial charge on any atom is -0.307 e. The van der Waals surface area contributed by atoms with Gasteiger partial charge in [-0.2, -0.15) is 13.2 Å². The number of nitrogens with one attached hydrogen (secondary N) is 1. The lowest BCUT2D eigenvalue weighted by atomic mass is 10.0. The molecule has 1 N–H and O–H groups in total. The number of aromatic nitrogens is 1. The molecule has 148 valence electrons. The zero-order chi connectivity index (χ0) is 21.0. The number of allylic oxidation sites excluding steroid dienone is 1. The molecule has 0 spiro atoms. The van der Waals surface area contributed by atoms with Gasteiger partial charge in [0.25, 0.3) is 5.91 Å². The van der Waals surface area contributed by atoms with Crippen molar-refractivity contribution in [1.29, 1.82) is 0 Å². The van der Waals surface area contributed by atoms with Gasteiger partial charge in [0, 0.05) is 35.0 Å². The van der Waals surface area contributed by atoms with Crippen LogP contribution in [-0.4, -0.2) is 22.4 Å². The zero-order valence-electron chi connectivity index (χ0n) is 15.6. The van der Waals surface area contributed by atoms with E-state index >= 15 is 0 Å². The van der Waals surface area contributed by atoms with E-state index in [2.05, 4.69) is 27.1 Å². The van der Waals surface area contributed by atoms with Crippen molar-refractivity contribution in [1.82, 2.24) is 4.98 Å². The molecule has 1 aliphatic rings. The number of thioether (sulfide) groups is 1. The van der Waals surface area contributed by atoms with Crippen LogP contribution in [0, 0.1) is 18.8 Å². The molecule has 0 saturated heterocycles. The largest absolute Gasteiger partial charge is 0.416 e. The molecule has 2 heterocycles. The summed E-state index contributed by atoms with van der Waals surface area (Å²) in [5.41, 5.74) is 1.96. The van der Waals surface area contributed by atoms with Gasteiger partial charge in [-0.1, -0.05) is 17.9 Å².